The number of furan rings is 1. The predicted molar refractivity (Wildman–Crippen MR) is 184 cm³/mol. The van der Waals surface area contributed by atoms with Gasteiger partial charge >= 0.3 is 0 Å². The molecule has 0 aliphatic carbocycles. The minimum absolute atomic E-state index is 0.915. The number of thiophene rings is 1. The van der Waals surface area contributed by atoms with Crippen molar-refractivity contribution in [3.8, 4) is 11.1 Å². The highest BCUT2D eigenvalue weighted by atomic mass is 32.1. The third-order valence-electron chi connectivity index (χ3n) is 8.45. The maximum atomic E-state index is 6.35. The van der Waals surface area contributed by atoms with Crippen LogP contribution in [0.3, 0.4) is 0 Å². The fourth-order valence-corrected chi connectivity index (χ4v) is 7.45. The van der Waals surface area contributed by atoms with E-state index in [1.807, 2.05) is 11.3 Å². The molecule has 2 heterocycles. The van der Waals surface area contributed by atoms with Crippen molar-refractivity contribution >= 4 is 81.3 Å². The van der Waals surface area contributed by atoms with Crippen LogP contribution >= 0.6 is 11.3 Å². The zero-order valence-corrected chi connectivity index (χ0v) is 24.0. The van der Waals surface area contributed by atoms with E-state index in [-0.39, 0.29) is 0 Å². The number of hydrogen-bond donors (Lipinski definition) is 0. The van der Waals surface area contributed by atoms with Crippen molar-refractivity contribution in [2.45, 2.75) is 0 Å². The van der Waals surface area contributed by atoms with E-state index in [4.69, 9.17) is 4.42 Å². The number of benzene rings is 7. The van der Waals surface area contributed by atoms with Gasteiger partial charge in [0, 0.05) is 53.4 Å². The van der Waals surface area contributed by atoms with E-state index >= 15 is 0 Å². The molecule has 0 bridgehead atoms. The van der Waals surface area contributed by atoms with Crippen molar-refractivity contribution in [3.63, 3.8) is 0 Å². The second-order valence-electron chi connectivity index (χ2n) is 11.0. The summed E-state index contributed by atoms with van der Waals surface area (Å²) >= 11 is 1.85. The molecule has 0 amide bonds. The maximum absolute atomic E-state index is 6.35. The van der Waals surface area contributed by atoms with Gasteiger partial charge in [-0.05, 0) is 83.2 Å². The summed E-state index contributed by atoms with van der Waals surface area (Å²) in [6.07, 6.45) is 0. The van der Waals surface area contributed by atoms with Crippen LogP contribution in [0.25, 0.3) is 64.0 Å². The van der Waals surface area contributed by atoms with E-state index in [1.54, 1.807) is 0 Å². The van der Waals surface area contributed by atoms with E-state index in [0.717, 1.165) is 44.4 Å². The Hall–Kier alpha value is -5.38. The Labute approximate surface area is 252 Å². The number of fused-ring (bicyclic) bond motifs is 8. The van der Waals surface area contributed by atoms with Gasteiger partial charge in [-0.3, -0.25) is 0 Å². The fraction of sp³-hybridized carbons (Fsp3) is 0. The van der Waals surface area contributed by atoms with Gasteiger partial charge in [-0.25, -0.2) is 0 Å². The Kier molecular flexibility index (Phi) is 5.40. The monoisotopic (exact) mass is 567 g/mol. The van der Waals surface area contributed by atoms with Crippen molar-refractivity contribution in [1.29, 1.82) is 0 Å². The summed E-state index contributed by atoms with van der Waals surface area (Å²) in [6, 6.07) is 54.3. The van der Waals surface area contributed by atoms with Gasteiger partial charge in [0.25, 0.3) is 0 Å². The van der Waals surface area contributed by atoms with E-state index in [2.05, 4.69) is 157 Å². The van der Waals surface area contributed by atoms with Crippen LogP contribution in [0.1, 0.15) is 0 Å². The molecule has 0 radical (unpaired) electrons. The lowest BCUT2D eigenvalue weighted by atomic mass is 10.0. The Bertz CT molecular complexity index is 2450. The molecule has 2 aromatic heterocycles. The summed E-state index contributed by atoms with van der Waals surface area (Å²) in [5.74, 6) is 0. The van der Waals surface area contributed by atoms with Gasteiger partial charge in [-0.1, -0.05) is 84.9 Å². The molecule has 43 heavy (non-hydrogen) atoms. The average molecular weight is 568 g/mol. The molecule has 0 aliphatic heterocycles. The molecule has 7 aromatic carbocycles. The van der Waals surface area contributed by atoms with Crippen molar-refractivity contribution in [2.24, 2.45) is 0 Å². The second kappa shape index (κ2) is 9.59. The molecule has 0 unspecified atom stereocenters. The summed E-state index contributed by atoms with van der Waals surface area (Å²) in [5, 5.41) is 7.24. The summed E-state index contributed by atoms with van der Waals surface area (Å²) < 4.78 is 8.98. The number of anilines is 3. The van der Waals surface area contributed by atoms with Crippen LogP contribution in [0.15, 0.2) is 156 Å². The molecule has 202 valence electrons. The first kappa shape index (κ1) is 24.2. The Morgan fingerprint density at radius 1 is 0.419 bits per heavy atom. The van der Waals surface area contributed by atoms with Crippen molar-refractivity contribution < 1.29 is 4.42 Å². The highest BCUT2D eigenvalue weighted by molar-refractivity contribution is 7.25. The van der Waals surface area contributed by atoms with Crippen molar-refractivity contribution in [2.75, 3.05) is 4.90 Å². The molecular weight excluding hydrogens is 543 g/mol. The number of nitrogens with zero attached hydrogens (tertiary/aromatic N) is 1. The fourth-order valence-electron chi connectivity index (χ4n) is 6.36. The lowest BCUT2D eigenvalue weighted by Gasteiger charge is -2.25. The van der Waals surface area contributed by atoms with Gasteiger partial charge in [0.2, 0.25) is 0 Å². The summed E-state index contributed by atoms with van der Waals surface area (Å²) in [4.78, 5) is 2.34. The predicted octanol–water partition coefficient (Wildman–Crippen LogP) is 12.2. The van der Waals surface area contributed by atoms with Crippen LogP contribution < -0.4 is 4.90 Å². The van der Waals surface area contributed by atoms with Gasteiger partial charge in [0.05, 0.1) is 0 Å². The molecule has 2 nitrogen and oxygen atoms in total. The number of hydrogen-bond acceptors (Lipinski definition) is 3. The zero-order chi connectivity index (χ0) is 28.3. The minimum atomic E-state index is 0.915. The minimum Gasteiger partial charge on any atom is -0.455 e. The molecular formula is C40H25NOS. The van der Waals surface area contributed by atoms with Crippen molar-refractivity contribution in [3.05, 3.63) is 152 Å². The van der Waals surface area contributed by atoms with E-state index in [9.17, 15) is 0 Å². The zero-order valence-electron chi connectivity index (χ0n) is 23.2. The molecule has 9 aromatic rings. The number of rotatable bonds is 4. The highest BCUT2D eigenvalue weighted by Crippen LogP contribution is 2.41. The molecule has 0 fully saturated rings. The second-order valence-corrected chi connectivity index (χ2v) is 12.1. The first-order valence-electron chi connectivity index (χ1n) is 14.5. The average Bonchev–Trinajstić information content (AvgIpc) is 3.64. The van der Waals surface area contributed by atoms with Crippen LogP contribution in [0.4, 0.5) is 17.1 Å². The molecule has 0 N–H and O–H groups in total. The van der Waals surface area contributed by atoms with Crippen LogP contribution in [0.2, 0.25) is 0 Å². The molecule has 0 spiro atoms. The normalized spacial score (nSPS) is 11.7. The van der Waals surface area contributed by atoms with Gasteiger partial charge < -0.3 is 9.32 Å². The Morgan fingerprint density at radius 3 is 2.00 bits per heavy atom. The summed E-state index contributed by atoms with van der Waals surface area (Å²) in [7, 11) is 0. The highest BCUT2D eigenvalue weighted by Gasteiger charge is 2.16. The molecule has 0 aliphatic rings. The van der Waals surface area contributed by atoms with E-state index in [0.29, 0.717) is 0 Å². The lowest BCUT2D eigenvalue weighted by Crippen LogP contribution is -2.09. The maximum Gasteiger partial charge on any atom is 0.143 e. The smallest absolute Gasteiger partial charge is 0.143 e. The van der Waals surface area contributed by atoms with Gasteiger partial charge in [0.15, 0.2) is 0 Å². The molecule has 0 saturated carbocycles. The lowest BCUT2D eigenvalue weighted by molar-refractivity contribution is 0.672. The Morgan fingerprint density at radius 2 is 1.12 bits per heavy atom. The molecule has 9 rings (SSSR count). The largest absolute Gasteiger partial charge is 0.455 e. The standard InChI is InChI=1S/C40H25NOS/c1-2-9-29(10-3-1)41(31-20-23-39-36(25-31)33-12-6-7-13-38(33)43-39)30-18-14-26(15-19-30)28-17-22-37-35(24-28)34-21-16-27-8-4-5-11-32(27)40(34)42-37/h1-25H. The van der Waals surface area contributed by atoms with Gasteiger partial charge in [0.1, 0.15) is 11.2 Å². The number of para-hydroxylation sites is 1. The third kappa shape index (κ3) is 3.93. The SMILES string of the molecule is c1ccc(N(c2ccc(-c3ccc4oc5c6ccccc6ccc5c4c3)cc2)c2ccc3sc4ccccc4c3c2)cc1. The van der Waals surface area contributed by atoms with Crippen molar-refractivity contribution in [1.82, 2.24) is 0 Å². The van der Waals surface area contributed by atoms with E-state index in [1.165, 1.54) is 36.7 Å². The van der Waals surface area contributed by atoms with Crippen LogP contribution in [-0.2, 0) is 0 Å². The van der Waals surface area contributed by atoms with Crippen LogP contribution in [0.5, 0.6) is 0 Å². The molecule has 3 heteroatoms. The summed E-state index contributed by atoms with van der Waals surface area (Å²) in [6.45, 7) is 0. The van der Waals surface area contributed by atoms with Gasteiger partial charge in [-0.15, -0.1) is 11.3 Å². The van der Waals surface area contributed by atoms with E-state index < -0.39 is 0 Å². The first-order chi connectivity index (χ1) is 21.3. The summed E-state index contributed by atoms with van der Waals surface area (Å²) in [5.41, 5.74) is 7.62. The third-order valence-corrected chi connectivity index (χ3v) is 9.60. The quantitative estimate of drug-likeness (QED) is 0.210. The molecule has 0 saturated heterocycles. The van der Waals surface area contributed by atoms with Crippen LogP contribution in [-0.4, -0.2) is 0 Å². The van der Waals surface area contributed by atoms with Crippen LogP contribution in [0, 0.1) is 0 Å². The topological polar surface area (TPSA) is 16.4 Å². The van der Waals surface area contributed by atoms with Gasteiger partial charge in [-0.2, -0.15) is 0 Å². The Balaban J connectivity index is 1.14. The molecule has 0 atom stereocenters. The first-order valence-corrected chi connectivity index (χ1v) is 15.3.